The van der Waals surface area contributed by atoms with Gasteiger partial charge in [-0.3, -0.25) is 0 Å². The summed E-state index contributed by atoms with van der Waals surface area (Å²) < 4.78 is 0. The molecule has 86 valence electrons. The Bertz CT molecular complexity index is 401. The number of hydrogen-bond acceptors (Lipinski definition) is 2. The van der Waals surface area contributed by atoms with Crippen LogP contribution in [0, 0.1) is 0 Å². The highest BCUT2D eigenvalue weighted by Gasteiger charge is 2.28. The first-order valence-electron chi connectivity index (χ1n) is 5.98. The van der Waals surface area contributed by atoms with E-state index in [2.05, 4.69) is 29.4 Å². The molecule has 1 heterocycles. The highest BCUT2D eigenvalue weighted by atomic mass is 35.5. The van der Waals surface area contributed by atoms with Gasteiger partial charge in [0.05, 0.1) is 0 Å². The van der Waals surface area contributed by atoms with Crippen LogP contribution in [0.5, 0.6) is 0 Å². The van der Waals surface area contributed by atoms with E-state index in [1.807, 2.05) is 6.07 Å². The van der Waals surface area contributed by atoms with Crippen molar-refractivity contribution in [2.24, 2.45) is 0 Å². The van der Waals surface area contributed by atoms with Gasteiger partial charge in [-0.2, -0.15) is 0 Å². The van der Waals surface area contributed by atoms with Crippen molar-refractivity contribution in [3.63, 3.8) is 0 Å². The predicted octanol–water partition coefficient (Wildman–Crippen LogP) is 2.45. The van der Waals surface area contributed by atoms with Gasteiger partial charge in [-0.1, -0.05) is 17.7 Å². The number of nitrogens with one attached hydrogen (secondary N) is 1. The van der Waals surface area contributed by atoms with E-state index in [4.69, 9.17) is 11.6 Å². The van der Waals surface area contributed by atoms with Crippen LogP contribution in [0.2, 0.25) is 5.02 Å². The van der Waals surface area contributed by atoms with Crippen LogP contribution in [-0.4, -0.2) is 25.7 Å². The van der Waals surface area contributed by atoms with Gasteiger partial charge in [0, 0.05) is 36.4 Å². The average molecular weight is 237 g/mol. The van der Waals surface area contributed by atoms with Crippen molar-refractivity contribution in [1.29, 1.82) is 0 Å². The Balaban J connectivity index is 1.81. The molecule has 0 spiro atoms. The maximum absolute atomic E-state index is 6.03. The second-order valence-corrected chi connectivity index (χ2v) is 5.43. The topological polar surface area (TPSA) is 15.3 Å². The molecule has 1 N–H and O–H groups in total. The van der Waals surface area contributed by atoms with Gasteiger partial charge < -0.3 is 10.2 Å². The molecule has 1 aliphatic heterocycles. The van der Waals surface area contributed by atoms with E-state index in [-0.39, 0.29) is 0 Å². The molecule has 0 bridgehead atoms. The number of likely N-dealkylation sites (N-methyl/N-ethyl adjacent to an activating group) is 1. The fourth-order valence-corrected chi connectivity index (χ4v) is 2.69. The third-order valence-corrected chi connectivity index (χ3v) is 3.70. The Morgan fingerprint density at radius 3 is 2.88 bits per heavy atom. The van der Waals surface area contributed by atoms with Gasteiger partial charge in [0.1, 0.15) is 0 Å². The highest BCUT2D eigenvalue weighted by Crippen LogP contribution is 2.30. The molecule has 0 aromatic heterocycles. The second kappa shape index (κ2) is 3.94. The molecule has 1 fully saturated rings. The summed E-state index contributed by atoms with van der Waals surface area (Å²) in [5.41, 5.74) is 2.71. The third kappa shape index (κ3) is 2.04. The zero-order valence-electron chi connectivity index (χ0n) is 9.54. The number of benzene rings is 1. The van der Waals surface area contributed by atoms with Gasteiger partial charge in [-0.25, -0.2) is 0 Å². The van der Waals surface area contributed by atoms with Crippen LogP contribution in [0.4, 0.5) is 5.69 Å². The fourth-order valence-electron chi connectivity index (χ4n) is 2.52. The van der Waals surface area contributed by atoms with Crippen LogP contribution < -0.4 is 10.2 Å². The van der Waals surface area contributed by atoms with E-state index >= 15 is 0 Å². The molecule has 2 aliphatic rings. The predicted molar refractivity (Wildman–Crippen MR) is 68.4 cm³/mol. The zero-order chi connectivity index (χ0) is 11.1. The average Bonchev–Trinajstić information content (AvgIpc) is 3.03. The summed E-state index contributed by atoms with van der Waals surface area (Å²) in [5, 5.41) is 4.54. The summed E-state index contributed by atoms with van der Waals surface area (Å²) in [4.78, 5) is 2.31. The van der Waals surface area contributed by atoms with E-state index in [0.717, 1.165) is 24.0 Å². The van der Waals surface area contributed by atoms with E-state index in [0.29, 0.717) is 6.04 Å². The van der Waals surface area contributed by atoms with E-state index in [9.17, 15) is 0 Å². The quantitative estimate of drug-likeness (QED) is 0.849. The smallest absolute Gasteiger partial charge is 0.0426 e. The summed E-state index contributed by atoms with van der Waals surface area (Å²) in [5.74, 6) is 0. The molecule has 1 unspecified atom stereocenters. The lowest BCUT2D eigenvalue weighted by atomic mass is 9.98. The number of halogens is 1. The highest BCUT2D eigenvalue weighted by molar-refractivity contribution is 6.30. The summed E-state index contributed by atoms with van der Waals surface area (Å²) in [7, 11) is 2.15. The maximum Gasteiger partial charge on any atom is 0.0426 e. The largest absolute Gasteiger partial charge is 0.373 e. The first kappa shape index (κ1) is 10.4. The number of anilines is 1. The monoisotopic (exact) mass is 236 g/mol. The lowest BCUT2D eigenvalue weighted by molar-refractivity contribution is 0.491. The van der Waals surface area contributed by atoms with Gasteiger partial charge in [0.25, 0.3) is 0 Å². The molecule has 1 aromatic carbocycles. The number of fused-ring (bicyclic) bond motifs is 1. The van der Waals surface area contributed by atoms with Crippen LogP contribution in [0.25, 0.3) is 0 Å². The first-order valence-corrected chi connectivity index (χ1v) is 6.36. The van der Waals surface area contributed by atoms with E-state index in [1.165, 1.54) is 24.1 Å². The van der Waals surface area contributed by atoms with Gasteiger partial charge in [-0.15, -0.1) is 0 Å². The molecular weight excluding hydrogens is 220 g/mol. The summed E-state index contributed by atoms with van der Waals surface area (Å²) >= 11 is 6.03. The standard InChI is InChI=1S/C13H17ClN2/c1-16-8-12(15-11-4-5-11)6-9-2-3-10(14)7-13(9)16/h2-3,7,11-12,15H,4-6,8H2,1H3. The van der Waals surface area contributed by atoms with Crippen LogP contribution in [-0.2, 0) is 6.42 Å². The summed E-state index contributed by atoms with van der Waals surface area (Å²) in [6.07, 6.45) is 3.84. The Kier molecular flexibility index (Phi) is 2.56. The number of rotatable bonds is 2. The molecule has 1 saturated carbocycles. The number of nitrogens with zero attached hydrogens (tertiary/aromatic N) is 1. The molecule has 0 amide bonds. The first-order chi connectivity index (χ1) is 7.72. The van der Waals surface area contributed by atoms with Gasteiger partial charge >= 0.3 is 0 Å². The molecule has 3 heteroatoms. The number of hydrogen-bond donors (Lipinski definition) is 1. The third-order valence-electron chi connectivity index (χ3n) is 3.47. The van der Waals surface area contributed by atoms with Crippen LogP contribution >= 0.6 is 11.6 Å². The van der Waals surface area contributed by atoms with Crippen molar-refractivity contribution < 1.29 is 0 Å². The van der Waals surface area contributed by atoms with Crippen LogP contribution in [0.15, 0.2) is 18.2 Å². The Morgan fingerprint density at radius 2 is 2.12 bits per heavy atom. The molecular formula is C13H17ClN2. The fraction of sp³-hybridized carbons (Fsp3) is 0.538. The van der Waals surface area contributed by atoms with Crippen molar-refractivity contribution in [1.82, 2.24) is 5.32 Å². The van der Waals surface area contributed by atoms with Crippen molar-refractivity contribution in [2.45, 2.75) is 31.3 Å². The molecule has 0 saturated heterocycles. The Hall–Kier alpha value is -0.730. The van der Waals surface area contributed by atoms with Crippen LogP contribution in [0.1, 0.15) is 18.4 Å². The van der Waals surface area contributed by atoms with Crippen LogP contribution in [0.3, 0.4) is 0 Å². The minimum Gasteiger partial charge on any atom is -0.373 e. The summed E-state index contributed by atoms with van der Waals surface area (Å²) in [6, 6.07) is 7.62. The molecule has 3 rings (SSSR count). The molecule has 2 nitrogen and oxygen atoms in total. The van der Waals surface area contributed by atoms with E-state index in [1.54, 1.807) is 0 Å². The van der Waals surface area contributed by atoms with Gasteiger partial charge in [0.2, 0.25) is 0 Å². The van der Waals surface area contributed by atoms with Gasteiger partial charge in [0.15, 0.2) is 0 Å². The lowest BCUT2D eigenvalue weighted by Crippen LogP contribution is -2.45. The van der Waals surface area contributed by atoms with Crippen molar-refractivity contribution in [3.05, 3.63) is 28.8 Å². The Morgan fingerprint density at radius 1 is 1.31 bits per heavy atom. The SMILES string of the molecule is CN1CC(NC2CC2)Cc2ccc(Cl)cc21. The maximum atomic E-state index is 6.03. The van der Waals surface area contributed by atoms with Crippen molar-refractivity contribution >= 4 is 17.3 Å². The lowest BCUT2D eigenvalue weighted by Gasteiger charge is -2.34. The Labute approximate surface area is 102 Å². The van der Waals surface area contributed by atoms with Crippen molar-refractivity contribution in [2.75, 3.05) is 18.5 Å². The zero-order valence-corrected chi connectivity index (χ0v) is 10.3. The molecule has 1 atom stereocenters. The minimum atomic E-state index is 0.603. The molecule has 0 radical (unpaired) electrons. The summed E-state index contributed by atoms with van der Waals surface area (Å²) in [6.45, 7) is 1.09. The molecule has 1 aromatic rings. The molecule has 1 aliphatic carbocycles. The van der Waals surface area contributed by atoms with Gasteiger partial charge in [-0.05, 0) is 37.0 Å². The molecule has 16 heavy (non-hydrogen) atoms. The second-order valence-electron chi connectivity index (χ2n) is 5.00. The minimum absolute atomic E-state index is 0.603. The van der Waals surface area contributed by atoms with E-state index < -0.39 is 0 Å². The normalized spacial score (nSPS) is 24.4. The van der Waals surface area contributed by atoms with Crippen molar-refractivity contribution in [3.8, 4) is 0 Å².